The molecule has 1 aromatic carbocycles. The van der Waals surface area contributed by atoms with Crippen molar-refractivity contribution in [2.45, 2.75) is 13.8 Å². The highest BCUT2D eigenvalue weighted by atomic mass is 16.1. The molecule has 2 rings (SSSR count). The number of hydrogen-bond acceptors (Lipinski definition) is 3. The van der Waals surface area contributed by atoms with Crippen LogP contribution in [-0.2, 0) is 0 Å². The molecule has 0 aliphatic carbocycles. The Bertz CT molecular complexity index is 608. The third-order valence-electron chi connectivity index (χ3n) is 2.91. The Kier molecular flexibility index (Phi) is 3.80. The van der Waals surface area contributed by atoms with Gasteiger partial charge in [0.15, 0.2) is 0 Å². The summed E-state index contributed by atoms with van der Waals surface area (Å²) in [6, 6.07) is 11.1. The van der Waals surface area contributed by atoms with Gasteiger partial charge < -0.3 is 10.6 Å². The predicted molar refractivity (Wildman–Crippen MR) is 77.7 cm³/mol. The fraction of sp³-hybridized carbons (Fsp3) is 0.200. The molecule has 4 nitrogen and oxygen atoms in total. The van der Waals surface area contributed by atoms with Gasteiger partial charge in [-0.15, -0.1) is 0 Å². The summed E-state index contributed by atoms with van der Waals surface area (Å²) >= 11 is 0. The number of pyridine rings is 1. The van der Waals surface area contributed by atoms with Crippen molar-refractivity contribution in [2.75, 3.05) is 17.7 Å². The molecule has 0 saturated carbocycles. The standard InChI is InChI=1S/C15H17N3O/c1-10-8-9-13(11(2)17-10)18-15(19)12-6-4-5-7-14(12)16-3/h4-9,16H,1-3H3,(H,18,19). The third-order valence-corrected chi connectivity index (χ3v) is 2.91. The lowest BCUT2D eigenvalue weighted by Gasteiger charge is -2.11. The van der Waals surface area contributed by atoms with Gasteiger partial charge in [-0.05, 0) is 38.1 Å². The second kappa shape index (κ2) is 5.52. The highest BCUT2D eigenvalue weighted by molar-refractivity contribution is 6.08. The Balaban J connectivity index is 2.26. The van der Waals surface area contributed by atoms with Crippen molar-refractivity contribution in [1.29, 1.82) is 0 Å². The van der Waals surface area contributed by atoms with Crippen LogP contribution in [0, 0.1) is 13.8 Å². The Hall–Kier alpha value is -2.36. The van der Waals surface area contributed by atoms with Crippen molar-refractivity contribution >= 4 is 17.3 Å². The van der Waals surface area contributed by atoms with Gasteiger partial charge >= 0.3 is 0 Å². The Morgan fingerprint density at radius 2 is 1.79 bits per heavy atom. The predicted octanol–water partition coefficient (Wildman–Crippen LogP) is 2.99. The molecule has 98 valence electrons. The first kappa shape index (κ1) is 13.1. The lowest BCUT2D eigenvalue weighted by molar-refractivity contribution is 0.102. The zero-order chi connectivity index (χ0) is 13.8. The number of nitrogens with one attached hydrogen (secondary N) is 2. The highest BCUT2D eigenvalue weighted by Gasteiger charge is 2.11. The minimum Gasteiger partial charge on any atom is -0.387 e. The topological polar surface area (TPSA) is 54.0 Å². The molecule has 0 fully saturated rings. The van der Waals surface area contributed by atoms with Gasteiger partial charge in [-0.2, -0.15) is 0 Å². The first-order chi connectivity index (χ1) is 9.11. The third kappa shape index (κ3) is 2.91. The van der Waals surface area contributed by atoms with E-state index in [9.17, 15) is 4.79 Å². The summed E-state index contributed by atoms with van der Waals surface area (Å²) in [7, 11) is 1.80. The molecule has 19 heavy (non-hydrogen) atoms. The van der Waals surface area contributed by atoms with Crippen LogP contribution in [0.4, 0.5) is 11.4 Å². The van der Waals surface area contributed by atoms with Crippen molar-refractivity contribution in [3.8, 4) is 0 Å². The summed E-state index contributed by atoms with van der Waals surface area (Å²) in [6.45, 7) is 3.81. The Morgan fingerprint density at radius 1 is 1.05 bits per heavy atom. The fourth-order valence-electron chi connectivity index (χ4n) is 1.91. The number of carbonyl (C=O) groups is 1. The van der Waals surface area contributed by atoms with Gasteiger partial charge in [-0.1, -0.05) is 12.1 Å². The Morgan fingerprint density at radius 3 is 2.47 bits per heavy atom. The molecule has 0 radical (unpaired) electrons. The molecule has 0 aliphatic rings. The zero-order valence-electron chi connectivity index (χ0n) is 11.3. The summed E-state index contributed by atoms with van der Waals surface area (Å²) in [4.78, 5) is 16.6. The molecule has 0 unspecified atom stereocenters. The van der Waals surface area contributed by atoms with Gasteiger partial charge in [-0.25, -0.2) is 0 Å². The molecule has 2 aromatic rings. The molecule has 2 N–H and O–H groups in total. The van der Waals surface area contributed by atoms with E-state index in [4.69, 9.17) is 0 Å². The van der Waals surface area contributed by atoms with Crippen LogP contribution in [0.15, 0.2) is 36.4 Å². The number of aryl methyl sites for hydroxylation is 2. The molecular formula is C15H17N3O. The van der Waals surface area contributed by atoms with Gasteiger partial charge in [0.05, 0.1) is 16.9 Å². The molecule has 0 bridgehead atoms. The lowest BCUT2D eigenvalue weighted by Crippen LogP contribution is -2.15. The fourth-order valence-corrected chi connectivity index (χ4v) is 1.91. The summed E-state index contributed by atoms with van der Waals surface area (Å²) < 4.78 is 0. The van der Waals surface area contributed by atoms with Crippen molar-refractivity contribution in [3.05, 3.63) is 53.3 Å². The number of aromatic nitrogens is 1. The maximum atomic E-state index is 12.3. The SMILES string of the molecule is CNc1ccccc1C(=O)Nc1ccc(C)nc1C. The summed E-state index contributed by atoms with van der Waals surface area (Å²) in [5.41, 5.74) is 3.91. The van der Waals surface area contributed by atoms with Gasteiger partial charge in [0.2, 0.25) is 0 Å². The average Bonchev–Trinajstić information content (AvgIpc) is 2.41. The molecular weight excluding hydrogens is 238 g/mol. The summed E-state index contributed by atoms with van der Waals surface area (Å²) in [5, 5.41) is 5.90. The van der Waals surface area contributed by atoms with E-state index < -0.39 is 0 Å². The van der Waals surface area contributed by atoms with E-state index in [0.29, 0.717) is 5.56 Å². The average molecular weight is 255 g/mol. The second-order valence-electron chi connectivity index (χ2n) is 4.34. The van der Waals surface area contributed by atoms with Crippen molar-refractivity contribution in [1.82, 2.24) is 4.98 Å². The van der Waals surface area contributed by atoms with Gasteiger partial charge in [0.1, 0.15) is 0 Å². The van der Waals surface area contributed by atoms with Gasteiger partial charge in [0, 0.05) is 18.4 Å². The minimum absolute atomic E-state index is 0.140. The Labute approximate surface area is 112 Å². The quantitative estimate of drug-likeness (QED) is 0.886. The number of para-hydroxylation sites is 1. The molecule has 0 saturated heterocycles. The minimum atomic E-state index is -0.140. The van der Waals surface area contributed by atoms with E-state index in [0.717, 1.165) is 22.8 Å². The van der Waals surface area contributed by atoms with E-state index >= 15 is 0 Å². The van der Waals surface area contributed by atoms with Gasteiger partial charge in [0.25, 0.3) is 5.91 Å². The monoisotopic (exact) mass is 255 g/mol. The first-order valence-corrected chi connectivity index (χ1v) is 6.14. The van der Waals surface area contributed by atoms with Crippen LogP contribution in [0.1, 0.15) is 21.7 Å². The van der Waals surface area contributed by atoms with E-state index in [1.54, 1.807) is 13.1 Å². The molecule has 0 atom stereocenters. The molecule has 1 aromatic heterocycles. The van der Waals surface area contributed by atoms with Crippen molar-refractivity contribution < 1.29 is 4.79 Å². The number of anilines is 2. The highest BCUT2D eigenvalue weighted by Crippen LogP contribution is 2.18. The lowest BCUT2D eigenvalue weighted by atomic mass is 10.1. The smallest absolute Gasteiger partial charge is 0.257 e. The maximum Gasteiger partial charge on any atom is 0.257 e. The number of carbonyl (C=O) groups excluding carboxylic acids is 1. The van der Waals surface area contributed by atoms with Crippen LogP contribution in [0.5, 0.6) is 0 Å². The van der Waals surface area contributed by atoms with E-state index in [-0.39, 0.29) is 5.91 Å². The van der Waals surface area contributed by atoms with Crippen LogP contribution >= 0.6 is 0 Å². The van der Waals surface area contributed by atoms with E-state index in [1.807, 2.05) is 44.2 Å². The number of nitrogens with zero attached hydrogens (tertiary/aromatic N) is 1. The van der Waals surface area contributed by atoms with Crippen LogP contribution in [0.25, 0.3) is 0 Å². The summed E-state index contributed by atoms with van der Waals surface area (Å²) in [6.07, 6.45) is 0. The van der Waals surface area contributed by atoms with Gasteiger partial charge in [-0.3, -0.25) is 9.78 Å². The second-order valence-corrected chi connectivity index (χ2v) is 4.34. The van der Waals surface area contributed by atoms with Crippen LogP contribution in [0.2, 0.25) is 0 Å². The molecule has 1 heterocycles. The van der Waals surface area contributed by atoms with E-state index in [2.05, 4.69) is 15.6 Å². The largest absolute Gasteiger partial charge is 0.387 e. The summed E-state index contributed by atoms with van der Waals surface area (Å²) in [5.74, 6) is -0.140. The van der Waals surface area contributed by atoms with Crippen LogP contribution in [-0.4, -0.2) is 17.9 Å². The molecule has 0 spiro atoms. The maximum absolute atomic E-state index is 12.3. The van der Waals surface area contributed by atoms with E-state index in [1.165, 1.54) is 0 Å². The number of rotatable bonds is 3. The van der Waals surface area contributed by atoms with Crippen molar-refractivity contribution in [2.24, 2.45) is 0 Å². The van der Waals surface area contributed by atoms with Crippen LogP contribution in [0.3, 0.4) is 0 Å². The zero-order valence-corrected chi connectivity index (χ0v) is 11.3. The first-order valence-electron chi connectivity index (χ1n) is 6.14. The normalized spacial score (nSPS) is 10.1. The molecule has 0 aliphatic heterocycles. The number of amides is 1. The number of benzene rings is 1. The molecule has 1 amide bonds. The van der Waals surface area contributed by atoms with Crippen molar-refractivity contribution in [3.63, 3.8) is 0 Å². The molecule has 4 heteroatoms. The van der Waals surface area contributed by atoms with Crippen LogP contribution < -0.4 is 10.6 Å². The number of hydrogen-bond donors (Lipinski definition) is 2.